The third-order valence-corrected chi connectivity index (χ3v) is 4.19. The molecule has 1 aromatic heterocycles. The standard InChI is InChI=1S/C18H17N3O/c1-20(2)14-9-7-12(8-10-14)17-18(22)16-11-13-5-3-4-6-15(13)21(16)19-17/h3-10,22H,11H2,1-2H3. The molecule has 1 aliphatic heterocycles. The third kappa shape index (κ3) is 1.80. The molecule has 0 aliphatic carbocycles. The Morgan fingerprint density at radius 2 is 1.77 bits per heavy atom. The maximum Gasteiger partial charge on any atom is 0.165 e. The number of aromatic hydroxyl groups is 1. The van der Waals surface area contributed by atoms with Gasteiger partial charge in [-0.1, -0.05) is 30.3 Å². The van der Waals surface area contributed by atoms with Crippen molar-refractivity contribution >= 4 is 5.69 Å². The SMILES string of the molecule is CN(C)c1ccc(-c2nn3c(c2O)Cc2ccccc2-3)cc1. The highest BCUT2D eigenvalue weighted by atomic mass is 16.3. The van der Waals surface area contributed by atoms with Crippen LogP contribution in [0.2, 0.25) is 0 Å². The zero-order valence-corrected chi connectivity index (χ0v) is 12.6. The molecule has 0 atom stereocenters. The topological polar surface area (TPSA) is 41.3 Å². The van der Waals surface area contributed by atoms with Gasteiger partial charge in [-0.15, -0.1) is 0 Å². The molecule has 0 fully saturated rings. The van der Waals surface area contributed by atoms with Crippen LogP contribution < -0.4 is 4.90 Å². The minimum atomic E-state index is 0.286. The van der Waals surface area contributed by atoms with Crippen LogP contribution in [-0.4, -0.2) is 29.0 Å². The summed E-state index contributed by atoms with van der Waals surface area (Å²) in [7, 11) is 4.02. The van der Waals surface area contributed by atoms with Gasteiger partial charge in [-0.05, 0) is 23.8 Å². The zero-order chi connectivity index (χ0) is 15.3. The second kappa shape index (κ2) is 4.63. The van der Waals surface area contributed by atoms with Crippen molar-refractivity contribution in [3.05, 3.63) is 59.8 Å². The molecule has 4 nitrogen and oxygen atoms in total. The Morgan fingerprint density at radius 1 is 1.05 bits per heavy atom. The fourth-order valence-corrected chi connectivity index (χ4v) is 2.96. The molecule has 0 radical (unpaired) electrons. The average Bonchev–Trinajstić information content (AvgIpc) is 3.05. The Labute approximate surface area is 129 Å². The first kappa shape index (κ1) is 13.0. The van der Waals surface area contributed by atoms with Crippen molar-refractivity contribution in [3.63, 3.8) is 0 Å². The molecule has 2 heterocycles. The van der Waals surface area contributed by atoms with Crippen LogP contribution in [0.15, 0.2) is 48.5 Å². The fourth-order valence-electron chi connectivity index (χ4n) is 2.96. The first-order chi connectivity index (χ1) is 10.6. The van der Waals surface area contributed by atoms with Crippen molar-refractivity contribution in [3.8, 4) is 22.7 Å². The van der Waals surface area contributed by atoms with Crippen LogP contribution in [0.25, 0.3) is 16.9 Å². The lowest BCUT2D eigenvalue weighted by Gasteiger charge is -2.12. The molecule has 0 amide bonds. The number of benzene rings is 2. The normalized spacial score (nSPS) is 12.1. The quantitative estimate of drug-likeness (QED) is 0.616. The molecule has 22 heavy (non-hydrogen) atoms. The molecule has 0 bridgehead atoms. The Morgan fingerprint density at radius 3 is 2.50 bits per heavy atom. The Kier molecular flexibility index (Phi) is 2.73. The number of fused-ring (bicyclic) bond motifs is 3. The highest BCUT2D eigenvalue weighted by Gasteiger charge is 2.26. The third-order valence-electron chi connectivity index (χ3n) is 4.19. The fraction of sp³-hybridized carbons (Fsp3) is 0.167. The zero-order valence-electron chi connectivity index (χ0n) is 12.6. The summed E-state index contributed by atoms with van der Waals surface area (Å²) in [6, 6.07) is 16.2. The van der Waals surface area contributed by atoms with Gasteiger partial charge in [0.2, 0.25) is 0 Å². The van der Waals surface area contributed by atoms with Gasteiger partial charge < -0.3 is 10.0 Å². The van der Waals surface area contributed by atoms with Gasteiger partial charge in [-0.2, -0.15) is 5.10 Å². The summed E-state index contributed by atoms with van der Waals surface area (Å²) >= 11 is 0. The number of aromatic nitrogens is 2. The summed E-state index contributed by atoms with van der Waals surface area (Å²) in [5, 5.41) is 15.2. The molecule has 0 saturated carbocycles. The molecule has 0 spiro atoms. The lowest BCUT2D eigenvalue weighted by atomic mass is 10.1. The minimum absolute atomic E-state index is 0.286. The first-order valence-corrected chi connectivity index (χ1v) is 7.32. The average molecular weight is 291 g/mol. The van der Waals surface area contributed by atoms with Crippen molar-refractivity contribution in [2.45, 2.75) is 6.42 Å². The molecule has 1 N–H and O–H groups in total. The van der Waals surface area contributed by atoms with E-state index in [4.69, 9.17) is 0 Å². The van der Waals surface area contributed by atoms with Crippen molar-refractivity contribution in [1.29, 1.82) is 0 Å². The number of rotatable bonds is 2. The largest absolute Gasteiger partial charge is 0.504 e. The van der Waals surface area contributed by atoms with Crippen LogP contribution in [0.3, 0.4) is 0 Å². The van der Waals surface area contributed by atoms with Gasteiger partial charge in [-0.25, -0.2) is 4.68 Å². The molecule has 4 heteroatoms. The molecular weight excluding hydrogens is 274 g/mol. The Hall–Kier alpha value is -2.75. The van der Waals surface area contributed by atoms with E-state index in [0.29, 0.717) is 5.69 Å². The van der Waals surface area contributed by atoms with Crippen molar-refractivity contribution < 1.29 is 5.11 Å². The minimum Gasteiger partial charge on any atom is -0.504 e. The molecule has 0 saturated heterocycles. The maximum atomic E-state index is 10.6. The Balaban J connectivity index is 1.80. The predicted molar refractivity (Wildman–Crippen MR) is 87.8 cm³/mol. The van der Waals surface area contributed by atoms with Gasteiger partial charge >= 0.3 is 0 Å². The van der Waals surface area contributed by atoms with E-state index in [1.807, 2.05) is 66.1 Å². The van der Waals surface area contributed by atoms with E-state index in [0.717, 1.165) is 29.1 Å². The van der Waals surface area contributed by atoms with E-state index in [-0.39, 0.29) is 5.75 Å². The van der Waals surface area contributed by atoms with Gasteiger partial charge in [0.25, 0.3) is 0 Å². The van der Waals surface area contributed by atoms with Crippen LogP contribution >= 0.6 is 0 Å². The monoisotopic (exact) mass is 291 g/mol. The lowest BCUT2D eigenvalue weighted by Crippen LogP contribution is -2.07. The van der Waals surface area contributed by atoms with E-state index in [2.05, 4.69) is 11.2 Å². The molecule has 2 aromatic carbocycles. The van der Waals surface area contributed by atoms with Crippen molar-refractivity contribution in [1.82, 2.24) is 9.78 Å². The lowest BCUT2D eigenvalue weighted by molar-refractivity contribution is 0.471. The predicted octanol–water partition coefficient (Wildman–Crippen LogP) is 3.22. The smallest absolute Gasteiger partial charge is 0.165 e. The summed E-state index contributed by atoms with van der Waals surface area (Å²) in [4.78, 5) is 2.05. The van der Waals surface area contributed by atoms with Crippen LogP contribution in [0.4, 0.5) is 5.69 Å². The highest BCUT2D eigenvalue weighted by molar-refractivity contribution is 5.71. The molecular formula is C18H17N3O. The summed E-state index contributed by atoms with van der Waals surface area (Å²) in [5.74, 6) is 0.286. The van der Waals surface area contributed by atoms with E-state index in [1.165, 1.54) is 5.56 Å². The summed E-state index contributed by atoms with van der Waals surface area (Å²) in [6.45, 7) is 0. The summed E-state index contributed by atoms with van der Waals surface area (Å²) in [5.41, 5.74) is 5.84. The molecule has 4 rings (SSSR count). The van der Waals surface area contributed by atoms with Crippen LogP contribution in [-0.2, 0) is 6.42 Å². The first-order valence-electron chi connectivity index (χ1n) is 7.32. The number of nitrogens with zero attached hydrogens (tertiary/aromatic N) is 3. The van der Waals surface area contributed by atoms with Gasteiger partial charge in [-0.3, -0.25) is 0 Å². The highest BCUT2D eigenvalue weighted by Crippen LogP contribution is 2.39. The molecule has 0 unspecified atom stereocenters. The molecule has 110 valence electrons. The van der Waals surface area contributed by atoms with Crippen molar-refractivity contribution in [2.75, 3.05) is 19.0 Å². The number of para-hydroxylation sites is 1. The number of anilines is 1. The Bertz CT molecular complexity index is 847. The van der Waals surface area contributed by atoms with Gasteiger partial charge in [0.1, 0.15) is 5.69 Å². The van der Waals surface area contributed by atoms with E-state index < -0.39 is 0 Å². The van der Waals surface area contributed by atoms with Crippen molar-refractivity contribution in [2.24, 2.45) is 0 Å². The van der Waals surface area contributed by atoms with E-state index in [9.17, 15) is 5.11 Å². The van der Waals surface area contributed by atoms with Crippen LogP contribution in [0.1, 0.15) is 11.3 Å². The second-order valence-electron chi connectivity index (χ2n) is 5.80. The maximum absolute atomic E-state index is 10.6. The van der Waals surface area contributed by atoms with E-state index in [1.54, 1.807) is 0 Å². The van der Waals surface area contributed by atoms with Gasteiger partial charge in [0.15, 0.2) is 5.75 Å². The second-order valence-corrected chi connectivity index (χ2v) is 5.80. The summed E-state index contributed by atoms with van der Waals surface area (Å²) < 4.78 is 1.86. The van der Waals surface area contributed by atoms with Gasteiger partial charge in [0.05, 0.1) is 11.4 Å². The van der Waals surface area contributed by atoms with Crippen LogP contribution in [0.5, 0.6) is 5.75 Å². The molecule has 3 aromatic rings. The molecule has 1 aliphatic rings. The number of hydrogen-bond donors (Lipinski definition) is 1. The number of hydrogen-bond acceptors (Lipinski definition) is 3. The summed E-state index contributed by atoms with van der Waals surface area (Å²) in [6.07, 6.45) is 0.727. The van der Waals surface area contributed by atoms with Crippen LogP contribution in [0, 0.1) is 0 Å². The van der Waals surface area contributed by atoms with Gasteiger partial charge in [0, 0.05) is 31.8 Å². The van der Waals surface area contributed by atoms with E-state index >= 15 is 0 Å².